The summed E-state index contributed by atoms with van der Waals surface area (Å²) < 4.78 is 5.69. The zero-order chi connectivity index (χ0) is 12.5. The van der Waals surface area contributed by atoms with Gasteiger partial charge < -0.3 is 15.0 Å². The van der Waals surface area contributed by atoms with Crippen LogP contribution in [-0.4, -0.2) is 43.6 Å². The van der Waals surface area contributed by atoms with Crippen LogP contribution in [0.5, 0.6) is 0 Å². The van der Waals surface area contributed by atoms with Crippen molar-refractivity contribution < 1.29 is 9.53 Å². The summed E-state index contributed by atoms with van der Waals surface area (Å²) in [5.41, 5.74) is 2.27. The van der Waals surface area contributed by atoms with Gasteiger partial charge in [-0.2, -0.15) is 0 Å². The van der Waals surface area contributed by atoms with Crippen LogP contribution in [0, 0.1) is 0 Å². The Balaban J connectivity index is 1.82. The smallest absolute Gasteiger partial charge is 0.256 e. The van der Waals surface area contributed by atoms with Crippen LogP contribution in [0.15, 0.2) is 24.3 Å². The molecule has 1 N–H and O–H groups in total. The van der Waals surface area contributed by atoms with Crippen molar-refractivity contribution >= 4 is 5.91 Å². The second-order valence-corrected chi connectivity index (χ2v) is 4.96. The molecule has 4 nitrogen and oxygen atoms in total. The first kappa shape index (κ1) is 11.7. The third-order valence-electron chi connectivity index (χ3n) is 3.87. The Labute approximate surface area is 107 Å². The van der Waals surface area contributed by atoms with Gasteiger partial charge in [0, 0.05) is 20.1 Å². The molecule has 0 aromatic heterocycles. The fourth-order valence-corrected chi connectivity index (χ4v) is 2.51. The number of benzene rings is 1. The SMILES string of the molecule is CN(C(=O)C1OCCc2ccccc21)C1CNC1. The lowest BCUT2D eigenvalue weighted by atomic mass is 9.96. The van der Waals surface area contributed by atoms with Gasteiger partial charge in [-0.25, -0.2) is 0 Å². The Morgan fingerprint density at radius 1 is 1.39 bits per heavy atom. The van der Waals surface area contributed by atoms with Gasteiger partial charge in [-0.3, -0.25) is 4.79 Å². The molecule has 0 aliphatic carbocycles. The molecular weight excluding hydrogens is 228 g/mol. The Kier molecular flexibility index (Phi) is 3.06. The number of likely N-dealkylation sites (N-methyl/N-ethyl adjacent to an activating group) is 1. The summed E-state index contributed by atoms with van der Waals surface area (Å²) in [7, 11) is 1.87. The highest BCUT2D eigenvalue weighted by Gasteiger charge is 2.33. The number of fused-ring (bicyclic) bond motifs is 1. The standard InChI is InChI=1S/C14H18N2O2/c1-16(11-8-15-9-11)14(17)13-12-5-3-2-4-10(12)6-7-18-13/h2-5,11,13,15H,6-9H2,1H3. The molecule has 1 aromatic rings. The molecule has 0 bridgehead atoms. The molecule has 4 heteroatoms. The lowest BCUT2D eigenvalue weighted by Crippen LogP contribution is -2.58. The predicted octanol–water partition coefficient (Wildman–Crippen LogP) is 0.731. The summed E-state index contributed by atoms with van der Waals surface area (Å²) in [6.07, 6.45) is 0.481. The number of hydrogen-bond donors (Lipinski definition) is 1. The maximum atomic E-state index is 12.5. The average molecular weight is 246 g/mol. The quantitative estimate of drug-likeness (QED) is 0.836. The molecule has 1 atom stereocenters. The first-order valence-corrected chi connectivity index (χ1v) is 6.44. The van der Waals surface area contributed by atoms with Crippen LogP contribution >= 0.6 is 0 Å². The summed E-state index contributed by atoms with van der Waals surface area (Å²) in [6.45, 7) is 2.40. The highest BCUT2D eigenvalue weighted by molar-refractivity contribution is 5.83. The van der Waals surface area contributed by atoms with Gasteiger partial charge in [0.05, 0.1) is 12.6 Å². The van der Waals surface area contributed by atoms with E-state index in [2.05, 4.69) is 11.4 Å². The minimum absolute atomic E-state index is 0.0775. The van der Waals surface area contributed by atoms with Gasteiger partial charge in [0.25, 0.3) is 5.91 Å². The number of nitrogens with zero attached hydrogens (tertiary/aromatic N) is 1. The molecule has 1 unspecified atom stereocenters. The van der Waals surface area contributed by atoms with Crippen LogP contribution in [0.2, 0.25) is 0 Å². The third kappa shape index (κ3) is 1.91. The van der Waals surface area contributed by atoms with Crippen molar-refractivity contribution in [2.75, 3.05) is 26.7 Å². The Bertz CT molecular complexity index is 457. The van der Waals surface area contributed by atoms with E-state index in [0.29, 0.717) is 12.6 Å². The molecule has 2 heterocycles. The van der Waals surface area contributed by atoms with Crippen LogP contribution in [-0.2, 0) is 16.0 Å². The molecule has 0 radical (unpaired) electrons. The minimum atomic E-state index is -0.416. The van der Waals surface area contributed by atoms with E-state index in [4.69, 9.17) is 4.74 Å². The minimum Gasteiger partial charge on any atom is -0.363 e. The van der Waals surface area contributed by atoms with Crippen LogP contribution in [0.4, 0.5) is 0 Å². The van der Waals surface area contributed by atoms with Crippen molar-refractivity contribution in [3.63, 3.8) is 0 Å². The topological polar surface area (TPSA) is 41.6 Å². The van der Waals surface area contributed by atoms with Gasteiger partial charge in [0.1, 0.15) is 0 Å². The van der Waals surface area contributed by atoms with E-state index in [0.717, 1.165) is 25.1 Å². The normalized spacial score (nSPS) is 23.1. The average Bonchev–Trinajstić information content (AvgIpc) is 2.35. The molecular formula is C14H18N2O2. The maximum absolute atomic E-state index is 12.5. The first-order valence-electron chi connectivity index (χ1n) is 6.44. The summed E-state index contributed by atoms with van der Waals surface area (Å²) in [6, 6.07) is 8.40. The van der Waals surface area contributed by atoms with Gasteiger partial charge >= 0.3 is 0 Å². The monoisotopic (exact) mass is 246 g/mol. The Hall–Kier alpha value is -1.39. The van der Waals surface area contributed by atoms with E-state index >= 15 is 0 Å². The highest BCUT2D eigenvalue weighted by Crippen LogP contribution is 2.28. The van der Waals surface area contributed by atoms with Crippen molar-refractivity contribution in [2.24, 2.45) is 0 Å². The number of carbonyl (C=O) groups excluding carboxylic acids is 1. The summed E-state index contributed by atoms with van der Waals surface area (Å²) in [4.78, 5) is 14.3. The maximum Gasteiger partial charge on any atom is 0.256 e. The first-order chi connectivity index (χ1) is 8.77. The van der Waals surface area contributed by atoms with Gasteiger partial charge in [0.15, 0.2) is 6.10 Å². The van der Waals surface area contributed by atoms with E-state index in [9.17, 15) is 4.79 Å². The zero-order valence-electron chi connectivity index (χ0n) is 10.6. The molecule has 0 saturated carbocycles. The molecule has 1 amide bonds. The molecule has 1 aromatic carbocycles. The predicted molar refractivity (Wildman–Crippen MR) is 68.3 cm³/mol. The number of amides is 1. The Morgan fingerprint density at radius 3 is 2.89 bits per heavy atom. The van der Waals surface area contributed by atoms with Crippen molar-refractivity contribution in [3.8, 4) is 0 Å². The molecule has 2 aliphatic rings. The van der Waals surface area contributed by atoms with Crippen LogP contribution in [0.3, 0.4) is 0 Å². The number of carbonyl (C=O) groups is 1. The molecule has 18 heavy (non-hydrogen) atoms. The fraction of sp³-hybridized carbons (Fsp3) is 0.500. The highest BCUT2D eigenvalue weighted by atomic mass is 16.5. The molecule has 1 saturated heterocycles. The Morgan fingerprint density at radius 2 is 2.17 bits per heavy atom. The fourth-order valence-electron chi connectivity index (χ4n) is 2.51. The lowest BCUT2D eigenvalue weighted by molar-refractivity contribution is -0.146. The zero-order valence-corrected chi connectivity index (χ0v) is 10.6. The van der Waals surface area contributed by atoms with Gasteiger partial charge in [0.2, 0.25) is 0 Å². The van der Waals surface area contributed by atoms with Gasteiger partial charge in [-0.15, -0.1) is 0 Å². The van der Waals surface area contributed by atoms with Crippen molar-refractivity contribution in [1.29, 1.82) is 0 Å². The van der Waals surface area contributed by atoms with Crippen LogP contribution in [0.1, 0.15) is 17.2 Å². The van der Waals surface area contributed by atoms with Gasteiger partial charge in [-0.05, 0) is 17.5 Å². The molecule has 2 aliphatic heterocycles. The number of nitrogens with one attached hydrogen (secondary N) is 1. The van der Waals surface area contributed by atoms with E-state index in [1.165, 1.54) is 5.56 Å². The van der Waals surface area contributed by atoms with E-state index < -0.39 is 6.10 Å². The van der Waals surface area contributed by atoms with Gasteiger partial charge in [-0.1, -0.05) is 24.3 Å². The molecule has 3 rings (SSSR count). The molecule has 1 fully saturated rings. The van der Waals surface area contributed by atoms with Crippen molar-refractivity contribution in [2.45, 2.75) is 18.6 Å². The second-order valence-electron chi connectivity index (χ2n) is 4.96. The third-order valence-corrected chi connectivity index (χ3v) is 3.87. The van der Waals surface area contributed by atoms with E-state index in [1.54, 1.807) is 0 Å². The van der Waals surface area contributed by atoms with E-state index in [1.807, 2.05) is 30.1 Å². The van der Waals surface area contributed by atoms with E-state index in [-0.39, 0.29) is 5.91 Å². The number of hydrogen-bond acceptors (Lipinski definition) is 3. The molecule has 0 spiro atoms. The van der Waals surface area contributed by atoms with Crippen LogP contribution < -0.4 is 5.32 Å². The summed E-state index contributed by atoms with van der Waals surface area (Å²) in [5.74, 6) is 0.0775. The summed E-state index contributed by atoms with van der Waals surface area (Å²) in [5, 5.41) is 3.18. The van der Waals surface area contributed by atoms with Crippen molar-refractivity contribution in [3.05, 3.63) is 35.4 Å². The number of rotatable bonds is 2. The van der Waals surface area contributed by atoms with Crippen LogP contribution in [0.25, 0.3) is 0 Å². The lowest BCUT2D eigenvalue weighted by Gasteiger charge is -2.38. The largest absolute Gasteiger partial charge is 0.363 e. The van der Waals surface area contributed by atoms with Crippen molar-refractivity contribution in [1.82, 2.24) is 10.2 Å². The summed E-state index contributed by atoms with van der Waals surface area (Å²) >= 11 is 0. The molecule has 96 valence electrons. The second kappa shape index (κ2) is 4.71. The number of ether oxygens (including phenoxy) is 1.